The van der Waals surface area contributed by atoms with E-state index in [4.69, 9.17) is 10.5 Å². The van der Waals surface area contributed by atoms with Crippen LogP contribution in [0.2, 0.25) is 0 Å². The SMILES string of the molecule is COc1ccc(N)cc1S(=O)(=O)N(CC1CC1)CC1CC1. The van der Waals surface area contributed by atoms with Crippen LogP contribution in [0.3, 0.4) is 0 Å². The van der Waals surface area contributed by atoms with Crippen molar-refractivity contribution in [1.29, 1.82) is 0 Å². The number of nitrogens with two attached hydrogens (primary N) is 1. The normalized spacial score (nSPS) is 19.0. The molecule has 0 spiro atoms. The van der Waals surface area contributed by atoms with E-state index in [2.05, 4.69) is 0 Å². The maximum atomic E-state index is 13.0. The molecule has 21 heavy (non-hydrogen) atoms. The van der Waals surface area contributed by atoms with Crippen molar-refractivity contribution in [3.8, 4) is 5.75 Å². The highest BCUT2D eigenvalue weighted by Gasteiger charge is 2.36. The van der Waals surface area contributed by atoms with E-state index in [1.54, 1.807) is 16.4 Å². The third-order valence-corrected chi connectivity index (χ3v) is 5.98. The van der Waals surface area contributed by atoms with Gasteiger partial charge in [-0.05, 0) is 55.7 Å². The topological polar surface area (TPSA) is 72.6 Å². The molecule has 1 aromatic rings. The van der Waals surface area contributed by atoms with Crippen LogP contribution in [0.4, 0.5) is 5.69 Å². The summed E-state index contributed by atoms with van der Waals surface area (Å²) in [5.74, 6) is 1.40. The zero-order valence-electron chi connectivity index (χ0n) is 12.3. The fourth-order valence-electron chi connectivity index (χ4n) is 2.48. The standard InChI is InChI=1S/C15H22N2O3S/c1-20-14-7-6-13(16)8-15(14)21(18,19)17(9-11-2-3-11)10-12-4-5-12/h6-8,11-12H,2-5,9-10,16H2,1H3. The Hall–Kier alpha value is -1.27. The van der Waals surface area contributed by atoms with E-state index in [-0.39, 0.29) is 4.90 Å². The Labute approximate surface area is 126 Å². The Morgan fingerprint density at radius 2 is 1.76 bits per heavy atom. The number of benzene rings is 1. The van der Waals surface area contributed by atoms with E-state index in [0.29, 0.717) is 36.4 Å². The maximum absolute atomic E-state index is 13.0. The molecule has 0 unspecified atom stereocenters. The molecule has 0 saturated heterocycles. The smallest absolute Gasteiger partial charge is 0.246 e. The predicted octanol–water partition coefficient (Wildman–Crippen LogP) is 2.09. The molecular weight excluding hydrogens is 288 g/mol. The summed E-state index contributed by atoms with van der Waals surface area (Å²) in [5, 5.41) is 0. The molecule has 5 nitrogen and oxygen atoms in total. The van der Waals surface area contributed by atoms with Gasteiger partial charge in [0.2, 0.25) is 10.0 Å². The summed E-state index contributed by atoms with van der Waals surface area (Å²) in [6, 6.07) is 4.78. The Morgan fingerprint density at radius 1 is 1.19 bits per heavy atom. The quantitative estimate of drug-likeness (QED) is 0.783. The predicted molar refractivity (Wildman–Crippen MR) is 81.6 cm³/mol. The lowest BCUT2D eigenvalue weighted by molar-refractivity contribution is 0.372. The van der Waals surface area contributed by atoms with E-state index in [9.17, 15) is 8.42 Å². The summed E-state index contributed by atoms with van der Waals surface area (Å²) in [4.78, 5) is 0.186. The van der Waals surface area contributed by atoms with Gasteiger partial charge in [-0.1, -0.05) is 0 Å². The summed E-state index contributed by atoms with van der Waals surface area (Å²) in [7, 11) is -2.07. The van der Waals surface area contributed by atoms with Gasteiger partial charge in [0.05, 0.1) is 7.11 Å². The van der Waals surface area contributed by atoms with Gasteiger partial charge in [-0.2, -0.15) is 4.31 Å². The molecule has 2 N–H and O–H groups in total. The van der Waals surface area contributed by atoms with E-state index in [1.165, 1.54) is 13.2 Å². The summed E-state index contributed by atoms with van der Waals surface area (Å²) >= 11 is 0. The van der Waals surface area contributed by atoms with Gasteiger partial charge >= 0.3 is 0 Å². The molecule has 116 valence electrons. The van der Waals surface area contributed by atoms with Gasteiger partial charge in [0.15, 0.2) is 0 Å². The molecule has 2 aliphatic carbocycles. The fraction of sp³-hybridized carbons (Fsp3) is 0.600. The molecule has 0 heterocycles. The van der Waals surface area contributed by atoms with Crippen molar-refractivity contribution in [1.82, 2.24) is 4.31 Å². The third-order valence-electron chi connectivity index (χ3n) is 4.12. The van der Waals surface area contributed by atoms with Gasteiger partial charge < -0.3 is 10.5 Å². The number of hydrogen-bond donors (Lipinski definition) is 1. The van der Waals surface area contributed by atoms with Crippen molar-refractivity contribution in [2.75, 3.05) is 25.9 Å². The second-order valence-electron chi connectivity index (χ2n) is 6.12. The lowest BCUT2D eigenvalue weighted by Crippen LogP contribution is -2.35. The first kappa shape index (κ1) is 14.7. The van der Waals surface area contributed by atoms with Crippen LogP contribution in [0.1, 0.15) is 25.7 Å². The highest BCUT2D eigenvalue weighted by atomic mass is 32.2. The second kappa shape index (κ2) is 5.50. The van der Waals surface area contributed by atoms with E-state index < -0.39 is 10.0 Å². The molecule has 1 aromatic carbocycles. The zero-order chi connectivity index (χ0) is 15.0. The summed E-state index contributed by atoms with van der Waals surface area (Å²) < 4.78 is 32.8. The minimum absolute atomic E-state index is 0.186. The average Bonchev–Trinajstić information content (AvgIpc) is 3.33. The molecule has 2 fully saturated rings. The van der Waals surface area contributed by atoms with Crippen LogP contribution in [0.5, 0.6) is 5.75 Å². The van der Waals surface area contributed by atoms with Crippen LogP contribution >= 0.6 is 0 Å². The van der Waals surface area contributed by atoms with Crippen LogP contribution in [0, 0.1) is 11.8 Å². The number of nitrogen functional groups attached to an aromatic ring is 1. The summed E-state index contributed by atoms with van der Waals surface area (Å²) in [6.07, 6.45) is 4.52. The highest BCUT2D eigenvalue weighted by Crippen LogP contribution is 2.37. The Morgan fingerprint density at radius 3 is 2.24 bits per heavy atom. The van der Waals surface area contributed by atoms with Gasteiger partial charge in [0.1, 0.15) is 10.6 Å². The van der Waals surface area contributed by atoms with E-state index in [0.717, 1.165) is 25.7 Å². The minimum Gasteiger partial charge on any atom is -0.495 e. The van der Waals surface area contributed by atoms with Crippen molar-refractivity contribution in [2.45, 2.75) is 30.6 Å². The molecule has 0 bridgehead atoms. The number of methoxy groups -OCH3 is 1. The van der Waals surface area contributed by atoms with Crippen molar-refractivity contribution in [3.05, 3.63) is 18.2 Å². The van der Waals surface area contributed by atoms with Crippen molar-refractivity contribution in [3.63, 3.8) is 0 Å². The Balaban J connectivity index is 1.93. The van der Waals surface area contributed by atoms with Crippen LogP contribution in [0.25, 0.3) is 0 Å². The Kier molecular flexibility index (Phi) is 3.84. The van der Waals surface area contributed by atoms with Crippen molar-refractivity contribution >= 4 is 15.7 Å². The number of anilines is 1. The molecule has 0 aromatic heterocycles. The largest absolute Gasteiger partial charge is 0.495 e. The molecule has 6 heteroatoms. The van der Waals surface area contributed by atoms with Crippen LogP contribution in [-0.2, 0) is 10.0 Å². The molecule has 0 radical (unpaired) electrons. The average molecular weight is 310 g/mol. The molecule has 0 amide bonds. The van der Waals surface area contributed by atoms with Gasteiger partial charge in [0, 0.05) is 18.8 Å². The van der Waals surface area contributed by atoms with Gasteiger partial charge in [-0.3, -0.25) is 0 Å². The molecule has 0 aliphatic heterocycles. The van der Waals surface area contributed by atoms with Gasteiger partial charge in [-0.15, -0.1) is 0 Å². The summed E-state index contributed by atoms with van der Waals surface area (Å²) in [6.45, 7) is 1.24. The third kappa shape index (κ3) is 3.32. The van der Waals surface area contributed by atoms with Crippen LogP contribution < -0.4 is 10.5 Å². The summed E-state index contributed by atoms with van der Waals surface area (Å²) in [5.41, 5.74) is 6.20. The molecule has 0 atom stereocenters. The van der Waals surface area contributed by atoms with Crippen molar-refractivity contribution < 1.29 is 13.2 Å². The first-order chi connectivity index (χ1) is 10.0. The maximum Gasteiger partial charge on any atom is 0.246 e. The first-order valence-electron chi connectivity index (χ1n) is 7.44. The molecule has 3 rings (SSSR count). The van der Waals surface area contributed by atoms with E-state index in [1.807, 2.05) is 0 Å². The number of hydrogen-bond acceptors (Lipinski definition) is 4. The molecule has 2 aliphatic rings. The van der Waals surface area contributed by atoms with Crippen LogP contribution in [-0.4, -0.2) is 32.9 Å². The lowest BCUT2D eigenvalue weighted by atomic mass is 10.3. The van der Waals surface area contributed by atoms with Crippen LogP contribution in [0.15, 0.2) is 23.1 Å². The molecule has 2 saturated carbocycles. The van der Waals surface area contributed by atoms with E-state index >= 15 is 0 Å². The number of sulfonamides is 1. The number of ether oxygens (including phenoxy) is 1. The first-order valence-corrected chi connectivity index (χ1v) is 8.88. The lowest BCUT2D eigenvalue weighted by Gasteiger charge is -2.23. The van der Waals surface area contributed by atoms with Crippen molar-refractivity contribution in [2.24, 2.45) is 11.8 Å². The fourth-order valence-corrected chi connectivity index (χ4v) is 4.26. The number of nitrogens with zero attached hydrogens (tertiary/aromatic N) is 1. The zero-order valence-corrected chi connectivity index (χ0v) is 13.1. The number of rotatable bonds is 7. The molecular formula is C15H22N2O3S. The monoisotopic (exact) mass is 310 g/mol. The minimum atomic E-state index is -3.55. The Bertz CT molecular complexity index is 608. The van der Waals surface area contributed by atoms with Gasteiger partial charge in [-0.25, -0.2) is 8.42 Å². The van der Waals surface area contributed by atoms with Gasteiger partial charge in [0.25, 0.3) is 0 Å². The highest BCUT2D eigenvalue weighted by molar-refractivity contribution is 7.89. The second-order valence-corrected chi connectivity index (χ2v) is 8.03.